The van der Waals surface area contributed by atoms with E-state index in [2.05, 4.69) is 69.6 Å². The van der Waals surface area contributed by atoms with Crippen molar-refractivity contribution in [2.45, 2.75) is 38.4 Å². The third-order valence-corrected chi connectivity index (χ3v) is 6.52. The average molecular weight is 437 g/mol. The van der Waals surface area contributed by atoms with Gasteiger partial charge in [-0.05, 0) is 55.1 Å². The maximum Gasteiger partial charge on any atom is 0.194 e. The fourth-order valence-electron chi connectivity index (χ4n) is 4.55. The second-order valence-electron chi connectivity index (χ2n) is 8.66. The topological polar surface area (TPSA) is 49.3 Å². The quantitative estimate of drug-likeness (QED) is 0.533. The van der Waals surface area contributed by atoms with Crippen molar-refractivity contribution in [3.8, 4) is 5.75 Å². The molecule has 4 rings (SSSR count). The minimum absolute atomic E-state index is 0.608. The van der Waals surface area contributed by atoms with E-state index < -0.39 is 0 Å². The Bertz CT molecular complexity index is 895. The molecule has 172 valence electrons. The normalized spacial score (nSPS) is 17.3. The van der Waals surface area contributed by atoms with E-state index in [1.807, 2.05) is 13.1 Å². The van der Waals surface area contributed by atoms with Crippen LogP contribution >= 0.6 is 0 Å². The van der Waals surface area contributed by atoms with E-state index in [0.717, 1.165) is 70.4 Å². The van der Waals surface area contributed by atoms with Crippen molar-refractivity contribution in [1.29, 1.82) is 0 Å². The van der Waals surface area contributed by atoms with Gasteiger partial charge in [-0.2, -0.15) is 0 Å². The minimum atomic E-state index is 0.608. The number of rotatable bonds is 7. The fourth-order valence-corrected chi connectivity index (χ4v) is 4.55. The number of aliphatic imine (C=N–C) groups is 1. The highest BCUT2D eigenvalue weighted by Crippen LogP contribution is 2.19. The predicted molar refractivity (Wildman–Crippen MR) is 129 cm³/mol. The van der Waals surface area contributed by atoms with Crippen molar-refractivity contribution in [3.63, 3.8) is 0 Å². The lowest BCUT2D eigenvalue weighted by atomic mass is 10.0. The molecule has 0 spiro atoms. The van der Waals surface area contributed by atoms with Gasteiger partial charge < -0.3 is 19.7 Å². The Kier molecular flexibility index (Phi) is 8.02. The van der Waals surface area contributed by atoms with Gasteiger partial charge in [-0.25, -0.2) is 0 Å². The number of hydrogen-bond donors (Lipinski definition) is 1. The van der Waals surface area contributed by atoms with E-state index in [1.165, 1.54) is 16.7 Å². The summed E-state index contributed by atoms with van der Waals surface area (Å²) < 4.78 is 11.5. The van der Waals surface area contributed by atoms with Gasteiger partial charge in [-0.1, -0.05) is 36.4 Å². The number of benzene rings is 2. The van der Waals surface area contributed by atoms with Gasteiger partial charge in [0, 0.05) is 52.5 Å². The van der Waals surface area contributed by atoms with E-state index in [1.54, 1.807) is 0 Å². The predicted octanol–water partition coefficient (Wildman–Crippen LogP) is 3.31. The van der Waals surface area contributed by atoms with Crippen LogP contribution in [0, 0.1) is 0 Å². The van der Waals surface area contributed by atoms with Gasteiger partial charge in [0.2, 0.25) is 0 Å². The smallest absolute Gasteiger partial charge is 0.194 e. The zero-order valence-corrected chi connectivity index (χ0v) is 19.4. The van der Waals surface area contributed by atoms with Crippen molar-refractivity contribution in [2.75, 3.05) is 47.0 Å². The monoisotopic (exact) mass is 436 g/mol. The Morgan fingerprint density at radius 1 is 1.16 bits per heavy atom. The summed E-state index contributed by atoms with van der Waals surface area (Å²) in [5.74, 6) is 1.87. The highest BCUT2D eigenvalue weighted by molar-refractivity contribution is 5.80. The fraction of sp³-hybridized carbons (Fsp3) is 0.500. The molecule has 0 saturated carbocycles. The molecule has 2 aromatic rings. The summed E-state index contributed by atoms with van der Waals surface area (Å²) in [4.78, 5) is 9.25. The van der Waals surface area contributed by atoms with Crippen LogP contribution in [0.3, 0.4) is 0 Å². The van der Waals surface area contributed by atoms with Crippen molar-refractivity contribution in [2.24, 2.45) is 4.99 Å². The molecule has 6 nitrogen and oxygen atoms in total. The molecule has 2 heterocycles. The molecule has 2 aliphatic rings. The molecule has 0 aliphatic carbocycles. The zero-order chi connectivity index (χ0) is 22.2. The Labute approximate surface area is 192 Å². The molecule has 0 amide bonds. The lowest BCUT2D eigenvalue weighted by Crippen LogP contribution is -2.43. The second kappa shape index (κ2) is 11.3. The first-order chi connectivity index (χ1) is 15.7. The highest BCUT2D eigenvalue weighted by Gasteiger charge is 2.19. The standard InChI is InChI=1S/C26H36N4O2/c1-27-26(30-13-10-22-7-3-4-8-23(22)20-30)28-19-21-6-5-9-25(18-21)32-17-14-29(2)24-11-15-31-16-12-24/h3-9,18,24H,10-17,19-20H2,1-2H3,(H,27,28). The third kappa shape index (κ3) is 6.02. The first-order valence-corrected chi connectivity index (χ1v) is 11.7. The Morgan fingerprint density at radius 3 is 2.78 bits per heavy atom. The van der Waals surface area contributed by atoms with Gasteiger partial charge in [-0.15, -0.1) is 0 Å². The van der Waals surface area contributed by atoms with Crippen LogP contribution in [0.2, 0.25) is 0 Å². The van der Waals surface area contributed by atoms with E-state index in [9.17, 15) is 0 Å². The summed E-state index contributed by atoms with van der Waals surface area (Å²) in [6.45, 7) is 5.98. The molecule has 0 atom stereocenters. The van der Waals surface area contributed by atoms with Gasteiger partial charge in [0.25, 0.3) is 0 Å². The molecule has 2 aromatic carbocycles. The maximum absolute atomic E-state index is 6.06. The van der Waals surface area contributed by atoms with Crippen molar-refractivity contribution in [1.82, 2.24) is 15.1 Å². The Morgan fingerprint density at radius 2 is 1.97 bits per heavy atom. The van der Waals surface area contributed by atoms with Crippen molar-refractivity contribution >= 4 is 5.96 Å². The summed E-state index contributed by atoms with van der Waals surface area (Å²) in [5, 5.41) is 3.53. The van der Waals surface area contributed by atoms with E-state index in [0.29, 0.717) is 12.6 Å². The average Bonchev–Trinajstić information content (AvgIpc) is 2.85. The lowest BCUT2D eigenvalue weighted by Gasteiger charge is -2.31. The molecular weight excluding hydrogens is 400 g/mol. The zero-order valence-electron chi connectivity index (χ0n) is 19.4. The molecule has 1 fully saturated rings. The van der Waals surface area contributed by atoms with Crippen LogP contribution in [0.25, 0.3) is 0 Å². The number of hydrogen-bond acceptors (Lipinski definition) is 4. The molecule has 32 heavy (non-hydrogen) atoms. The SMILES string of the molecule is CN=C(NCc1cccc(OCCN(C)C2CCOCC2)c1)N1CCc2ccccc2C1. The first-order valence-electron chi connectivity index (χ1n) is 11.7. The van der Waals surface area contributed by atoms with Gasteiger partial charge in [-0.3, -0.25) is 9.89 Å². The number of fused-ring (bicyclic) bond motifs is 1. The number of likely N-dealkylation sites (N-methyl/N-ethyl adjacent to an activating group) is 1. The number of guanidine groups is 1. The van der Waals surface area contributed by atoms with Gasteiger partial charge in [0.05, 0.1) is 0 Å². The summed E-state index contributed by atoms with van der Waals surface area (Å²) in [7, 11) is 4.04. The Balaban J connectivity index is 1.25. The summed E-state index contributed by atoms with van der Waals surface area (Å²) in [6.07, 6.45) is 3.28. The van der Waals surface area contributed by atoms with Crippen LogP contribution in [0.1, 0.15) is 29.5 Å². The van der Waals surface area contributed by atoms with Crippen molar-refractivity contribution in [3.05, 3.63) is 65.2 Å². The van der Waals surface area contributed by atoms with Gasteiger partial charge >= 0.3 is 0 Å². The molecule has 2 aliphatic heterocycles. The van der Waals surface area contributed by atoms with E-state index in [4.69, 9.17) is 9.47 Å². The number of nitrogens with zero attached hydrogens (tertiary/aromatic N) is 3. The molecule has 1 N–H and O–H groups in total. The molecular formula is C26H36N4O2. The van der Waals surface area contributed by atoms with Gasteiger partial charge in [0.1, 0.15) is 12.4 Å². The van der Waals surface area contributed by atoms with Crippen LogP contribution in [-0.4, -0.2) is 68.8 Å². The minimum Gasteiger partial charge on any atom is -0.492 e. The first kappa shape index (κ1) is 22.6. The molecule has 0 aromatic heterocycles. The number of nitrogens with one attached hydrogen (secondary N) is 1. The molecule has 6 heteroatoms. The van der Waals surface area contributed by atoms with Crippen LogP contribution in [0.5, 0.6) is 5.75 Å². The molecule has 1 saturated heterocycles. The molecule has 0 radical (unpaired) electrons. The highest BCUT2D eigenvalue weighted by atomic mass is 16.5. The maximum atomic E-state index is 6.06. The van der Waals surface area contributed by atoms with E-state index >= 15 is 0 Å². The van der Waals surface area contributed by atoms with Crippen LogP contribution in [0.15, 0.2) is 53.5 Å². The number of ether oxygens (including phenoxy) is 2. The van der Waals surface area contributed by atoms with Crippen LogP contribution in [0.4, 0.5) is 0 Å². The summed E-state index contributed by atoms with van der Waals surface area (Å²) in [6, 6.07) is 17.7. The summed E-state index contributed by atoms with van der Waals surface area (Å²) in [5.41, 5.74) is 4.04. The van der Waals surface area contributed by atoms with Crippen molar-refractivity contribution < 1.29 is 9.47 Å². The molecule has 0 unspecified atom stereocenters. The lowest BCUT2D eigenvalue weighted by molar-refractivity contribution is 0.0392. The molecule has 0 bridgehead atoms. The van der Waals surface area contributed by atoms with Crippen LogP contribution in [-0.2, 0) is 24.2 Å². The van der Waals surface area contributed by atoms with Crippen LogP contribution < -0.4 is 10.1 Å². The third-order valence-electron chi connectivity index (χ3n) is 6.52. The summed E-state index contributed by atoms with van der Waals surface area (Å²) >= 11 is 0. The van der Waals surface area contributed by atoms with E-state index in [-0.39, 0.29) is 0 Å². The Hall–Kier alpha value is -2.57. The largest absolute Gasteiger partial charge is 0.492 e. The van der Waals surface area contributed by atoms with Gasteiger partial charge in [0.15, 0.2) is 5.96 Å². The second-order valence-corrected chi connectivity index (χ2v) is 8.66.